The van der Waals surface area contributed by atoms with Crippen molar-refractivity contribution in [3.63, 3.8) is 0 Å². The minimum absolute atomic E-state index is 0.145. The lowest BCUT2D eigenvalue weighted by molar-refractivity contribution is 0.0613. The van der Waals surface area contributed by atoms with Gasteiger partial charge in [0.2, 0.25) is 10.0 Å². The molecule has 6 heteroatoms. The van der Waals surface area contributed by atoms with Gasteiger partial charge in [0.25, 0.3) is 0 Å². The summed E-state index contributed by atoms with van der Waals surface area (Å²) in [4.78, 5) is 0. The second-order valence-electron chi connectivity index (χ2n) is 5.68. The van der Waals surface area contributed by atoms with Crippen molar-refractivity contribution in [1.29, 1.82) is 0 Å². The Labute approximate surface area is 136 Å². The summed E-state index contributed by atoms with van der Waals surface area (Å²) in [6.45, 7) is 4.92. The van der Waals surface area contributed by atoms with Gasteiger partial charge in [-0.1, -0.05) is 30.3 Å². The Morgan fingerprint density at radius 3 is 2.48 bits per heavy atom. The number of rotatable bonds is 6. The van der Waals surface area contributed by atoms with Crippen molar-refractivity contribution in [1.82, 2.24) is 4.72 Å². The summed E-state index contributed by atoms with van der Waals surface area (Å²) in [5.41, 5.74) is 0.00542. The van der Waals surface area contributed by atoms with Crippen molar-refractivity contribution in [3.8, 4) is 0 Å². The number of aliphatic hydroxyl groups is 1. The number of sulfonamides is 1. The largest absolute Gasteiger partial charge is 0.466 e. The predicted octanol–water partition coefficient (Wildman–Crippen LogP) is 2.69. The van der Waals surface area contributed by atoms with Gasteiger partial charge in [-0.3, -0.25) is 0 Å². The molecule has 1 aromatic carbocycles. The van der Waals surface area contributed by atoms with Crippen LogP contribution in [0.15, 0.2) is 46.2 Å². The lowest BCUT2D eigenvalue weighted by atomic mass is 9.97. The number of hydrogen-bond acceptors (Lipinski definition) is 4. The van der Waals surface area contributed by atoms with Gasteiger partial charge in [0.05, 0.1) is 0 Å². The number of furan rings is 1. The molecule has 0 aliphatic carbocycles. The molecule has 1 unspecified atom stereocenters. The first kappa shape index (κ1) is 17.5. The molecule has 1 atom stereocenters. The zero-order valence-corrected chi connectivity index (χ0v) is 14.2. The fraction of sp³-hybridized carbons (Fsp3) is 0.294. The molecule has 0 amide bonds. The van der Waals surface area contributed by atoms with Crippen LogP contribution < -0.4 is 4.72 Å². The van der Waals surface area contributed by atoms with Crippen LogP contribution in [0, 0.1) is 13.8 Å². The van der Waals surface area contributed by atoms with Crippen molar-refractivity contribution in [2.24, 2.45) is 0 Å². The maximum atomic E-state index is 12.0. The highest BCUT2D eigenvalue weighted by Gasteiger charge is 2.28. The maximum Gasteiger partial charge on any atom is 0.233 e. The van der Waals surface area contributed by atoms with Crippen molar-refractivity contribution in [3.05, 3.63) is 64.5 Å². The Balaban J connectivity index is 2.06. The Morgan fingerprint density at radius 1 is 1.26 bits per heavy atom. The van der Waals surface area contributed by atoms with Crippen LogP contribution in [0.1, 0.15) is 29.6 Å². The molecule has 0 radical (unpaired) electrons. The molecule has 0 saturated carbocycles. The summed E-state index contributed by atoms with van der Waals surface area (Å²) in [6.07, 6.45) is 1.50. The molecule has 2 rings (SSSR count). The fourth-order valence-corrected chi connectivity index (χ4v) is 3.20. The number of hydrogen-bond donors (Lipinski definition) is 2. The first-order chi connectivity index (χ1) is 10.7. The van der Waals surface area contributed by atoms with Gasteiger partial charge in [-0.25, -0.2) is 13.1 Å². The van der Waals surface area contributed by atoms with Crippen LogP contribution in [0.4, 0.5) is 0 Å². The minimum atomic E-state index is -3.65. The van der Waals surface area contributed by atoms with Gasteiger partial charge in [0, 0.05) is 17.5 Å². The highest BCUT2D eigenvalue weighted by Crippen LogP contribution is 2.26. The van der Waals surface area contributed by atoms with Gasteiger partial charge >= 0.3 is 0 Å². The first-order valence-electron chi connectivity index (χ1n) is 7.22. The predicted molar refractivity (Wildman–Crippen MR) is 90.2 cm³/mol. The SMILES string of the molecule is Cc1cc(C(C)(O)CNS(=O)(=O)/C=C/c2ccccc2)c(C)o1. The zero-order valence-electron chi connectivity index (χ0n) is 13.4. The molecule has 2 N–H and O–H groups in total. The average molecular weight is 335 g/mol. The zero-order chi connectivity index (χ0) is 17.1. The second kappa shape index (κ2) is 6.70. The van der Waals surface area contributed by atoms with Crippen LogP contribution in [0.5, 0.6) is 0 Å². The third-order valence-electron chi connectivity index (χ3n) is 3.48. The van der Waals surface area contributed by atoms with E-state index in [1.807, 2.05) is 18.2 Å². The molecule has 2 aromatic rings. The smallest absolute Gasteiger partial charge is 0.233 e. The maximum absolute atomic E-state index is 12.0. The van der Waals surface area contributed by atoms with Crippen LogP contribution in [-0.4, -0.2) is 20.1 Å². The van der Waals surface area contributed by atoms with Crippen LogP contribution in [-0.2, 0) is 15.6 Å². The van der Waals surface area contributed by atoms with Gasteiger partial charge in [0.15, 0.2) is 0 Å². The molecule has 0 aliphatic heterocycles. The molecule has 124 valence electrons. The summed E-state index contributed by atoms with van der Waals surface area (Å²) in [5.74, 6) is 1.25. The topological polar surface area (TPSA) is 79.5 Å². The third-order valence-corrected chi connectivity index (χ3v) is 4.52. The summed E-state index contributed by atoms with van der Waals surface area (Å²) in [5, 5.41) is 11.6. The van der Waals surface area contributed by atoms with Crippen LogP contribution in [0.3, 0.4) is 0 Å². The molecule has 23 heavy (non-hydrogen) atoms. The van der Waals surface area contributed by atoms with E-state index in [0.29, 0.717) is 17.1 Å². The fourth-order valence-electron chi connectivity index (χ4n) is 2.28. The molecular weight excluding hydrogens is 314 g/mol. The highest BCUT2D eigenvalue weighted by molar-refractivity contribution is 7.92. The molecule has 0 aliphatic rings. The van der Waals surface area contributed by atoms with Gasteiger partial charge in [-0.15, -0.1) is 0 Å². The van der Waals surface area contributed by atoms with E-state index >= 15 is 0 Å². The lowest BCUT2D eigenvalue weighted by Gasteiger charge is -2.22. The quantitative estimate of drug-likeness (QED) is 0.850. The standard InChI is InChI=1S/C17H21NO4S/c1-13-11-16(14(2)22-13)17(3,19)12-18-23(20,21)10-9-15-7-5-4-6-8-15/h4-11,18-19H,12H2,1-3H3/b10-9+. The molecule has 5 nitrogen and oxygen atoms in total. The third kappa shape index (κ3) is 4.79. The van der Waals surface area contributed by atoms with Crippen molar-refractivity contribution < 1.29 is 17.9 Å². The van der Waals surface area contributed by atoms with E-state index in [1.54, 1.807) is 39.0 Å². The van der Waals surface area contributed by atoms with E-state index < -0.39 is 15.6 Å². The summed E-state index contributed by atoms with van der Waals surface area (Å²) in [6, 6.07) is 10.8. The van der Waals surface area contributed by atoms with E-state index in [4.69, 9.17) is 4.42 Å². The van der Waals surface area contributed by atoms with Gasteiger partial charge < -0.3 is 9.52 Å². The molecule has 0 saturated heterocycles. The van der Waals surface area contributed by atoms with Crippen LogP contribution in [0.2, 0.25) is 0 Å². The number of aryl methyl sites for hydroxylation is 2. The van der Waals surface area contributed by atoms with Gasteiger partial charge in [0.1, 0.15) is 17.1 Å². The van der Waals surface area contributed by atoms with E-state index in [9.17, 15) is 13.5 Å². The number of benzene rings is 1. The van der Waals surface area contributed by atoms with Crippen LogP contribution >= 0.6 is 0 Å². The van der Waals surface area contributed by atoms with Crippen molar-refractivity contribution >= 4 is 16.1 Å². The summed E-state index contributed by atoms with van der Waals surface area (Å²) >= 11 is 0. The minimum Gasteiger partial charge on any atom is -0.466 e. The number of nitrogens with one attached hydrogen (secondary N) is 1. The van der Waals surface area contributed by atoms with E-state index in [2.05, 4.69) is 4.72 Å². The highest BCUT2D eigenvalue weighted by atomic mass is 32.2. The summed E-state index contributed by atoms with van der Waals surface area (Å²) < 4.78 is 31.9. The van der Waals surface area contributed by atoms with Crippen molar-refractivity contribution in [2.45, 2.75) is 26.4 Å². The summed E-state index contributed by atoms with van der Waals surface area (Å²) in [7, 11) is -3.65. The van der Waals surface area contributed by atoms with E-state index in [0.717, 1.165) is 11.0 Å². The molecule has 1 heterocycles. The van der Waals surface area contributed by atoms with Gasteiger partial charge in [-0.2, -0.15) is 0 Å². The Morgan fingerprint density at radius 2 is 1.91 bits per heavy atom. The normalized spacial score (nSPS) is 15.0. The molecular formula is C17H21NO4S. The lowest BCUT2D eigenvalue weighted by Crippen LogP contribution is -2.38. The Kier molecular flexibility index (Phi) is 5.09. The molecule has 0 fully saturated rings. The molecule has 0 bridgehead atoms. The molecule has 0 spiro atoms. The van der Waals surface area contributed by atoms with E-state index in [1.165, 1.54) is 6.08 Å². The second-order valence-corrected chi connectivity index (χ2v) is 7.33. The van der Waals surface area contributed by atoms with Gasteiger partial charge in [-0.05, 0) is 38.5 Å². The monoisotopic (exact) mass is 335 g/mol. The Hall–Kier alpha value is -1.89. The average Bonchev–Trinajstić information content (AvgIpc) is 2.84. The Bertz CT molecular complexity index is 789. The van der Waals surface area contributed by atoms with Crippen LogP contribution in [0.25, 0.3) is 6.08 Å². The molecule has 1 aromatic heterocycles. The first-order valence-corrected chi connectivity index (χ1v) is 8.77. The van der Waals surface area contributed by atoms with E-state index in [-0.39, 0.29) is 6.54 Å². The van der Waals surface area contributed by atoms with Crippen molar-refractivity contribution in [2.75, 3.05) is 6.54 Å².